The van der Waals surface area contributed by atoms with Crippen molar-refractivity contribution in [3.05, 3.63) is 41.1 Å². The van der Waals surface area contributed by atoms with Crippen molar-refractivity contribution in [2.75, 3.05) is 12.3 Å². The van der Waals surface area contributed by atoms with Gasteiger partial charge in [0.1, 0.15) is 11.6 Å². The highest BCUT2D eigenvalue weighted by molar-refractivity contribution is 5.38. The van der Waals surface area contributed by atoms with Gasteiger partial charge in [-0.05, 0) is 42.5 Å². The van der Waals surface area contributed by atoms with Crippen LogP contribution in [0.1, 0.15) is 23.2 Å². The summed E-state index contributed by atoms with van der Waals surface area (Å²) in [6.07, 6.45) is 4.44. The Morgan fingerprint density at radius 3 is 2.89 bits per heavy atom. The van der Waals surface area contributed by atoms with Crippen molar-refractivity contribution < 1.29 is 4.74 Å². The summed E-state index contributed by atoms with van der Waals surface area (Å²) < 4.78 is 7.48. The van der Waals surface area contributed by atoms with Crippen LogP contribution in [0, 0.1) is 0 Å². The van der Waals surface area contributed by atoms with E-state index in [1.165, 1.54) is 30.4 Å². The molecule has 1 heterocycles. The van der Waals surface area contributed by atoms with Gasteiger partial charge in [0, 0.05) is 19.5 Å². The van der Waals surface area contributed by atoms with Crippen molar-refractivity contribution >= 4 is 5.82 Å². The normalized spacial score (nSPS) is 13.5. The van der Waals surface area contributed by atoms with Gasteiger partial charge in [-0.3, -0.25) is 4.68 Å². The molecular formula is C15H19N3O. The van der Waals surface area contributed by atoms with E-state index in [2.05, 4.69) is 23.3 Å². The van der Waals surface area contributed by atoms with Gasteiger partial charge in [-0.25, -0.2) is 0 Å². The Morgan fingerprint density at radius 1 is 1.26 bits per heavy atom. The van der Waals surface area contributed by atoms with E-state index in [4.69, 9.17) is 10.5 Å². The molecule has 0 unspecified atom stereocenters. The smallest absolute Gasteiger partial charge is 0.121 e. The minimum atomic E-state index is 0.634. The molecule has 0 saturated carbocycles. The van der Waals surface area contributed by atoms with Crippen LogP contribution < -0.4 is 10.5 Å². The SMILES string of the molecule is Cn1nc(CCOc2ccc3c(c2)CCC3)cc1N. The fourth-order valence-corrected chi connectivity index (χ4v) is 2.58. The number of ether oxygens (including phenoxy) is 1. The lowest BCUT2D eigenvalue weighted by molar-refractivity contribution is 0.320. The molecule has 100 valence electrons. The molecule has 0 saturated heterocycles. The summed E-state index contributed by atoms with van der Waals surface area (Å²) in [5.41, 5.74) is 9.64. The largest absolute Gasteiger partial charge is 0.493 e. The maximum absolute atomic E-state index is 5.79. The van der Waals surface area contributed by atoms with Crippen LogP contribution in [0.5, 0.6) is 5.75 Å². The van der Waals surface area contributed by atoms with Crippen molar-refractivity contribution in [3.63, 3.8) is 0 Å². The Hall–Kier alpha value is -1.97. The van der Waals surface area contributed by atoms with Crippen LogP contribution in [0.15, 0.2) is 24.3 Å². The van der Waals surface area contributed by atoms with Crippen molar-refractivity contribution in [1.82, 2.24) is 9.78 Å². The van der Waals surface area contributed by atoms with Gasteiger partial charge < -0.3 is 10.5 Å². The number of nitrogens with zero attached hydrogens (tertiary/aromatic N) is 2. The summed E-state index contributed by atoms with van der Waals surface area (Å²) in [5, 5.41) is 4.31. The molecule has 0 spiro atoms. The fraction of sp³-hybridized carbons (Fsp3) is 0.400. The zero-order chi connectivity index (χ0) is 13.2. The van der Waals surface area contributed by atoms with Crippen LogP contribution in [-0.2, 0) is 26.3 Å². The number of aromatic nitrogens is 2. The average molecular weight is 257 g/mol. The van der Waals surface area contributed by atoms with Crippen LogP contribution >= 0.6 is 0 Å². The first kappa shape index (κ1) is 12.1. The van der Waals surface area contributed by atoms with Crippen LogP contribution in [0.25, 0.3) is 0 Å². The highest BCUT2D eigenvalue weighted by Gasteiger charge is 2.11. The molecule has 0 amide bonds. The lowest BCUT2D eigenvalue weighted by Gasteiger charge is -2.07. The maximum atomic E-state index is 5.79. The van der Waals surface area contributed by atoms with Gasteiger partial charge in [-0.15, -0.1) is 0 Å². The summed E-state index contributed by atoms with van der Waals surface area (Å²) in [7, 11) is 1.85. The first-order chi connectivity index (χ1) is 9.22. The van der Waals surface area contributed by atoms with E-state index in [0.717, 1.165) is 17.9 Å². The molecule has 4 heteroatoms. The Labute approximate surface area is 113 Å². The van der Waals surface area contributed by atoms with Crippen LogP contribution in [-0.4, -0.2) is 16.4 Å². The lowest BCUT2D eigenvalue weighted by atomic mass is 10.1. The van der Waals surface area contributed by atoms with Gasteiger partial charge in [-0.2, -0.15) is 5.10 Å². The topological polar surface area (TPSA) is 53.1 Å². The Morgan fingerprint density at radius 2 is 2.11 bits per heavy atom. The molecule has 0 radical (unpaired) electrons. The molecule has 0 aliphatic heterocycles. The number of hydrogen-bond donors (Lipinski definition) is 1. The standard InChI is InChI=1S/C15H19N3O/c1-18-15(16)10-13(17-18)7-8-19-14-6-5-11-3-2-4-12(11)9-14/h5-6,9-10H,2-4,7-8,16H2,1H3. The molecule has 2 N–H and O–H groups in total. The number of benzene rings is 1. The number of hydrogen-bond acceptors (Lipinski definition) is 3. The van der Waals surface area contributed by atoms with Crippen LogP contribution in [0.2, 0.25) is 0 Å². The van der Waals surface area contributed by atoms with E-state index < -0.39 is 0 Å². The Balaban J connectivity index is 1.57. The minimum absolute atomic E-state index is 0.634. The zero-order valence-electron chi connectivity index (χ0n) is 11.2. The maximum Gasteiger partial charge on any atom is 0.121 e. The van der Waals surface area contributed by atoms with E-state index in [1.807, 2.05) is 13.1 Å². The molecule has 1 aliphatic carbocycles. The van der Waals surface area contributed by atoms with Crippen molar-refractivity contribution in [3.8, 4) is 5.75 Å². The molecule has 3 rings (SSSR count). The molecule has 2 aromatic rings. The summed E-state index contributed by atoms with van der Waals surface area (Å²) in [6, 6.07) is 8.33. The molecule has 1 aromatic heterocycles. The van der Waals surface area contributed by atoms with E-state index in [0.29, 0.717) is 12.4 Å². The Kier molecular flexibility index (Phi) is 3.15. The van der Waals surface area contributed by atoms with Crippen molar-refractivity contribution in [1.29, 1.82) is 0 Å². The monoisotopic (exact) mass is 257 g/mol. The molecule has 19 heavy (non-hydrogen) atoms. The van der Waals surface area contributed by atoms with Gasteiger partial charge in [0.2, 0.25) is 0 Å². The second-order valence-corrected chi connectivity index (χ2v) is 5.07. The first-order valence-electron chi connectivity index (χ1n) is 6.75. The molecule has 1 aliphatic rings. The van der Waals surface area contributed by atoms with Crippen LogP contribution in [0.4, 0.5) is 5.82 Å². The number of fused-ring (bicyclic) bond motifs is 1. The predicted molar refractivity (Wildman–Crippen MR) is 75.3 cm³/mol. The molecule has 0 atom stereocenters. The second-order valence-electron chi connectivity index (χ2n) is 5.07. The number of nitrogen functional groups attached to an aromatic ring is 1. The van der Waals surface area contributed by atoms with Gasteiger partial charge >= 0.3 is 0 Å². The summed E-state index contributed by atoms with van der Waals surface area (Å²) in [4.78, 5) is 0. The predicted octanol–water partition coefficient (Wildman–Crippen LogP) is 2.11. The third-order valence-electron chi connectivity index (χ3n) is 3.66. The fourth-order valence-electron chi connectivity index (χ4n) is 2.58. The van der Waals surface area contributed by atoms with E-state index in [1.54, 1.807) is 4.68 Å². The zero-order valence-corrected chi connectivity index (χ0v) is 11.2. The van der Waals surface area contributed by atoms with Crippen LogP contribution in [0.3, 0.4) is 0 Å². The summed E-state index contributed by atoms with van der Waals surface area (Å²) in [5.74, 6) is 1.65. The average Bonchev–Trinajstić information content (AvgIpc) is 2.96. The summed E-state index contributed by atoms with van der Waals surface area (Å²) in [6.45, 7) is 0.634. The minimum Gasteiger partial charge on any atom is -0.493 e. The van der Waals surface area contributed by atoms with Crippen molar-refractivity contribution in [2.24, 2.45) is 7.05 Å². The molecular weight excluding hydrogens is 238 g/mol. The highest BCUT2D eigenvalue weighted by Crippen LogP contribution is 2.26. The molecule has 0 bridgehead atoms. The summed E-state index contributed by atoms with van der Waals surface area (Å²) >= 11 is 0. The Bertz CT molecular complexity index is 570. The molecule has 1 aromatic carbocycles. The number of anilines is 1. The van der Waals surface area contributed by atoms with Gasteiger partial charge in [0.05, 0.1) is 12.3 Å². The van der Waals surface area contributed by atoms with E-state index in [9.17, 15) is 0 Å². The first-order valence-corrected chi connectivity index (χ1v) is 6.75. The van der Waals surface area contributed by atoms with Gasteiger partial charge in [0.25, 0.3) is 0 Å². The molecule has 4 nitrogen and oxygen atoms in total. The quantitative estimate of drug-likeness (QED) is 0.912. The van der Waals surface area contributed by atoms with E-state index >= 15 is 0 Å². The third kappa shape index (κ3) is 2.57. The highest BCUT2D eigenvalue weighted by atomic mass is 16.5. The second kappa shape index (κ2) is 4.96. The van der Waals surface area contributed by atoms with Gasteiger partial charge in [-0.1, -0.05) is 6.07 Å². The van der Waals surface area contributed by atoms with Gasteiger partial charge in [0.15, 0.2) is 0 Å². The number of nitrogens with two attached hydrogens (primary N) is 1. The third-order valence-corrected chi connectivity index (χ3v) is 3.66. The van der Waals surface area contributed by atoms with E-state index in [-0.39, 0.29) is 0 Å². The lowest BCUT2D eigenvalue weighted by Crippen LogP contribution is -2.03. The number of rotatable bonds is 4. The van der Waals surface area contributed by atoms with Crippen molar-refractivity contribution in [2.45, 2.75) is 25.7 Å². The molecule has 0 fully saturated rings. The number of aryl methyl sites for hydroxylation is 3.